The molecule has 0 saturated carbocycles. The molecule has 0 spiro atoms. The first-order valence-electron chi connectivity index (χ1n) is 5.32. The number of aromatic amines is 1. The van der Waals surface area contributed by atoms with E-state index in [9.17, 15) is 9.90 Å². The summed E-state index contributed by atoms with van der Waals surface area (Å²) in [5.41, 5.74) is 1.54. The van der Waals surface area contributed by atoms with Crippen molar-refractivity contribution in [2.75, 3.05) is 0 Å². The van der Waals surface area contributed by atoms with Gasteiger partial charge in [0.1, 0.15) is 6.10 Å². The lowest BCUT2D eigenvalue weighted by Gasteiger charge is -2.14. The third-order valence-corrected chi connectivity index (χ3v) is 4.26. The summed E-state index contributed by atoms with van der Waals surface area (Å²) in [6.45, 7) is 1.92. The molecule has 1 heterocycles. The van der Waals surface area contributed by atoms with E-state index in [0.29, 0.717) is 10.0 Å². The number of hydrogen-bond donors (Lipinski definition) is 3. The summed E-state index contributed by atoms with van der Waals surface area (Å²) in [5, 5.41) is 19.3. The quantitative estimate of drug-likeness (QED) is 0.753. The van der Waals surface area contributed by atoms with Crippen LogP contribution in [0, 0.1) is 6.92 Å². The van der Waals surface area contributed by atoms with E-state index in [2.05, 4.69) is 41.8 Å². The molecule has 19 heavy (non-hydrogen) atoms. The molecule has 0 amide bonds. The second-order valence-electron chi connectivity index (χ2n) is 4.00. The molecule has 0 bridgehead atoms. The Kier molecular flexibility index (Phi) is 4.07. The van der Waals surface area contributed by atoms with Gasteiger partial charge in [-0.25, -0.2) is 9.78 Å². The fourth-order valence-corrected chi connectivity index (χ4v) is 2.75. The predicted molar refractivity (Wildman–Crippen MR) is 76.2 cm³/mol. The third-order valence-electron chi connectivity index (χ3n) is 2.72. The van der Waals surface area contributed by atoms with Gasteiger partial charge in [-0.15, -0.1) is 0 Å². The van der Waals surface area contributed by atoms with Crippen molar-refractivity contribution in [3.8, 4) is 0 Å². The summed E-state index contributed by atoms with van der Waals surface area (Å²) in [7, 11) is 0. The highest BCUT2D eigenvalue weighted by Gasteiger charge is 2.23. The number of nitrogens with one attached hydrogen (secondary N) is 1. The first kappa shape index (κ1) is 14.2. The average Bonchev–Trinajstić information content (AvgIpc) is 2.82. The van der Waals surface area contributed by atoms with Crippen LogP contribution in [-0.2, 0) is 0 Å². The van der Waals surface area contributed by atoms with Crippen LogP contribution < -0.4 is 0 Å². The molecular weight excluding hydrogens is 380 g/mol. The Balaban J connectivity index is 2.50. The van der Waals surface area contributed by atoms with E-state index in [1.165, 1.54) is 6.33 Å². The van der Waals surface area contributed by atoms with Crippen molar-refractivity contribution in [3.05, 3.63) is 49.9 Å². The standard InChI is InChI=1S/C12H10Br2N2O3/c1-5-2-8(14)6(3-7(5)13)11(17)9-10(12(18)19)16-4-15-9/h2-4,11,17H,1H3,(H,15,16)(H,18,19). The Hall–Kier alpha value is -1.18. The average molecular weight is 390 g/mol. The molecule has 0 radical (unpaired) electrons. The smallest absolute Gasteiger partial charge is 0.356 e. The van der Waals surface area contributed by atoms with Crippen LogP contribution in [0.3, 0.4) is 0 Å². The number of nitrogens with zero attached hydrogens (tertiary/aromatic N) is 1. The third kappa shape index (κ3) is 2.72. The summed E-state index contributed by atoms with van der Waals surface area (Å²) in [6.07, 6.45) is 0.152. The zero-order chi connectivity index (χ0) is 14.2. The summed E-state index contributed by atoms with van der Waals surface area (Å²) in [6, 6.07) is 3.59. The van der Waals surface area contributed by atoms with Gasteiger partial charge in [-0.1, -0.05) is 31.9 Å². The molecular formula is C12H10Br2N2O3. The van der Waals surface area contributed by atoms with E-state index >= 15 is 0 Å². The van der Waals surface area contributed by atoms with Crippen molar-refractivity contribution in [3.63, 3.8) is 0 Å². The predicted octanol–water partition coefficient (Wildman–Crippen LogP) is 3.02. The van der Waals surface area contributed by atoms with E-state index in [1.807, 2.05) is 13.0 Å². The van der Waals surface area contributed by atoms with Crippen LogP contribution in [0.15, 0.2) is 27.4 Å². The molecule has 7 heteroatoms. The number of carbonyl (C=O) groups is 1. The molecule has 5 nitrogen and oxygen atoms in total. The molecule has 0 saturated heterocycles. The molecule has 1 aromatic carbocycles. The van der Waals surface area contributed by atoms with Crippen LogP contribution in [-0.4, -0.2) is 26.2 Å². The Bertz CT molecular complexity index is 640. The largest absolute Gasteiger partial charge is 0.476 e. The number of aromatic nitrogens is 2. The number of carboxylic acids is 1. The van der Waals surface area contributed by atoms with Crippen molar-refractivity contribution >= 4 is 37.8 Å². The maximum absolute atomic E-state index is 11.0. The SMILES string of the molecule is Cc1cc(Br)c(C(O)c2[nH]cnc2C(=O)O)cc1Br. The highest BCUT2D eigenvalue weighted by atomic mass is 79.9. The minimum atomic E-state index is -1.18. The van der Waals surface area contributed by atoms with E-state index < -0.39 is 12.1 Å². The number of carboxylic acid groups (broad SMARTS) is 1. The van der Waals surface area contributed by atoms with Crippen LogP contribution in [0.4, 0.5) is 0 Å². The van der Waals surface area contributed by atoms with Crippen LogP contribution in [0.5, 0.6) is 0 Å². The van der Waals surface area contributed by atoms with Gasteiger partial charge < -0.3 is 15.2 Å². The fraction of sp³-hybridized carbons (Fsp3) is 0.167. The van der Waals surface area contributed by atoms with Gasteiger partial charge in [0, 0.05) is 14.5 Å². The second-order valence-corrected chi connectivity index (χ2v) is 5.70. The van der Waals surface area contributed by atoms with Crippen LogP contribution >= 0.6 is 31.9 Å². The van der Waals surface area contributed by atoms with Gasteiger partial charge >= 0.3 is 5.97 Å². The van der Waals surface area contributed by atoms with Crippen LogP contribution in [0.25, 0.3) is 0 Å². The summed E-state index contributed by atoms with van der Waals surface area (Å²) < 4.78 is 1.53. The zero-order valence-corrected chi connectivity index (χ0v) is 13.0. The molecule has 1 atom stereocenters. The lowest BCUT2D eigenvalue weighted by Crippen LogP contribution is -2.09. The minimum absolute atomic E-state index is 0.156. The van der Waals surface area contributed by atoms with E-state index in [1.54, 1.807) is 6.07 Å². The van der Waals surface area contributed by atoms with Crippen LogP contribution in [0.1, 0.15) is 33.4 Å². The number of aliphatic hydroxyl groups is 1. The lowest BCUT2D eigenvalue weighted by molar-refractivity contribution is 0.0685. The fourth-order valence-electron chi connectivity index (χ4n) is 1.71. The molecule has 0 aliphatic rings. The number of imidazole rings is 1. The summed E-state index contributed by atoms with van der Waals surface area (Å²) in [5.74, 6) is -1.18. The van der Waals surface area contributed by atoms with E-state index in [-0.39, 0.29) is 11.4 Å². The number of aryl methyl sites for hydroxylation is 1. The maximum Gasteiger partial charge on any atom is 0.356 e. The molecule has 1 unspecified atom stereocenters. The first-order chi connectivity index (χ1) is 8.91. The van der Waals surface area contributed by atoms with Gasteiger partial charge in [0.2, 0.25) is 0 Å². The number of H-pyrrole nitrogens is 1. The molecule has 3 N–H and O–H groups in total. The number of benzene rings is 1. The molecule has 2 aromatic rings. The van der Waals surface area contributed by atoms with Crippen molar-refractivity contribution in [1.29, 1.82) is 0 Å². The van der Waals surface area contributed by atoms with Gasteiger partial charge in [0.05, 0.1) is 12.0 Å². The number of aliphatic hydroxyl groups excluding tert-OH is 1. The number of aromatic carboxylic acids is 1. The number of hydrogen-bond acceptors (Lipinski definition) is 3. The number of rotatable bonds is 3. The molecule has 0 fully saturated rings. The van der Waals surface area contributed by atoms with Gasteiger partial charge in [0.15, 0.2) is 5.69 Å². The normalized spacial score (nSPS) is 12.4. The second kappa shape index (κ2) is 5.44. The minimum Gasteiger partial charge on any atom is -0.476 e. The summed E-state index contributed by atoms with van der Waals surface area (Å²) in [4.78, 5) is 17.4. The topological polar surface area (TPSA) is 86.2 Å². The van der Waals surface area contributed by atoms with Crippen molar-refractivity contribution in [2.45, 2.75) is 13.0 Å². The van der Waals surface area contributed by atoms with Crippen molar-refractivity contribution in [2.24, 2.45) is 0 Å². The van der Waals surface area contributed by atoms with Crippen molar-refractivity contribution < 1.29 is 15.0 Å². The first-order valence-corrected chi connectivity index (χ1v) is 6.90. The van der Waals surface area contributed by atoms with Crippen LogP contribution in [0.2, 0.25) is 0 Å². The lowest BCUT2D eigenvalue weighted by atomic mass is 10.0. The maximum atomic E-state index is 11.0. The Morgan fingerprint density at radius 3 is 2.68 bits per heavy atom. The van der Waals surface area contributed by atoms with E-state index in [0.717, 1.165) is 10.0 Å². The Morgan fingerprint density at radius 1 is 1.37 bits per heavy atom. The highest BCUT2D eigenvalue weighted by Crippen LogP contribution is 2.33. The van der Waals surface area contributed by atoms with E-state index in [4.69, 9.17) is 5.11 Å². The molecule has 0 aliphatic carbocycles. The number of halogens is 2. The highest BCUT2D eigenvalue weighted by molar-refractivity contribution is 9.11. The Labute approximate surface area is 125 Å². The molecule has 100 valence electrons. The zero-order valence-electron chi connectivity index (χ0n) is 9.82. The summed E-state index contributed by atoms with van der Waals surface area (Å²) >= 11 is 6.75. The van der Waals surface area contributed by atoms with Gasteiger partial charge in [-0.2, -0.15) is 0 Å². The molecule has 0 aliphatic heterocycles. The van der Waals surface area contributed by atoms with Gasteiger partial charge in [-0.3, -0.25) is 0 Å². The van der Waals surface area contributed by atoms with Gasteiger partial charge in [0.25, 0.3) is 0 Å². The van der Waals surface area contributed by atoms with Crippen molar-refractivity contribution in [1.82, 2.24) is 9.97 Å². The molecule has 2 rings (SSSR count). The molecule has 1 aromatic heterocycles. The Morgan fingerprint density at radius 2 is 2.05 bits per heavy atom. The monoisotopic (exact) mass is 388 g/mol. The van der Waals surface area contributed by atoms with Gasteiger partial charge in [-0.05, 0) is 24.6 Å².